The summed E-state index contributed by atoms with van der Waals surface area (Å²) in [5.74, 6) is 1.87. The summed E-state index contributed by atoms with van der Waals surface area (Å²) in [6.07, 6.45) is 0.355. The molecule has 0 unspecified atom stereocenters. The second-order valence-corrected chi connectivity index (χ2v) is 7.25. The summed E-state index contributed by atoms with van der Waals surface area (Å²) < 4.78 is 10.9. The first-order valence-corrected chi connectivity index (χ1v) is 9.46. The van der Waals surface area contributed by atoms with Crippen LogP contribution >= 0.6 is 0 Å². The molecule has 1 saturated heterocycles. The molecule has 27 heavy (non-hydrogen) atoms. The van der Waals surface area contributed by atoms with E-state index < -0.39 is 0 Å². The zero-order valence-electron chi connectivity index (χ0n) is 15.8. The Bertz CT molecular complexity index is 924. The standard InChI is InChI=1S/C21H25N3O3/c1-3-26-18-6-7-20-15(9-18)4-5-17(22-20)12-24-11-16(21(25)13-24)10-19-8-14(2)23-27-19/h4-9,16,21,25H,3,10-13H2,1-2H3/t16-,21+/m1/s1. The molecule has 2 atom stereocenters. The summed E-state index contributed by atoms with van der Waals surface area (Å²) in [7, 11) is 0. The highest BCUT2D eigenvalue weighted by atomic mass is 16.5. The lowest BCUT2D eigenvalue weighted by atomic mass is 10.0. The second-order valence-electron chi connectivity index (χ2n) is 7.25. The summed E-state index contributed by atoms with van der Waals surface area (Å²) in [6, 6.07) is 12.1. The number of fused-ring (bicyclic) bond motifs is 1. The summed E-state index contributed by atoms with van der Waals surface area (Å²) in [5.41, 5.74) is 2.85. The lowest BCUT2D eigenvalue weighted by molar-refractivity contribution is 0.137. The maximum absolute atomic E-state index is 10.4. The van der Waals surface area contributed by atoms with Crippen LogP contribution in [0.4, 0.5) is 0 Å². The summed E-state index contributed by atoms with van der Waals surface area (Å²) >= 11 is 0. The second kappa shape index (κ2) is 7.66. The normalized spacial score (nSPS) is 20.4. The Morgan fingerprint density at radius 2 is 2.11 bits per heavy atom. The third kappa shape index (κ3) is 4.12. The highest BCUT2D eigenvalue weighted by Crippen LogP contribution is 2.24. The minimum Gasteiger partial charge on any atom is -0.494 e. The first kappa shape index (κ1) is 17.9. The lowest BCUT2D eigenvalue weighted by Crippen LogP contribution is -2.22. The maximum Gasteiger partial charge on any atom is 0.137 e. The quantitative estimate of drug-likeness (QED) is 0.722. The lowest BCUT2D eigenvalue weighted by Gasteiger charge is -2.15. The van der Waals surface area contributed by atoms with Crippen LogP contribution in [-0.2, 0) is 13.0 Å². The number of aryl methyl sites for hydroxylation is 1. The molecule has 0 saturated carbocycles. The van der Waals surface area contributed by atoms with Gasteiger partial charge in [-0.3, -0.25) is 9.88 Å². The molecule has 0 radical (unpaired) electrons. The maximum atomic E-state index is 10.4. The van der Waals surface area contributed by atoms with Gasteiger partial charge in [-0.2, -0.15) is 0 Å². The van der Waals surface area contributed by atoms with Crippen molar-refractivity contribution >= 4 is 10.9 Å². The van der Waals surface area contributed by atoms with Crippen LogP contribution < -0.4 is 4.74 Å². The monoisotopic (exact) mass is 367 g/mol. The van der Waals surface area contributed by atoms with Gasteiger partial charge in [0.2, 0.25) is 0 Å². The number of hydrogen-bond acceptors (Lipinski definition) is 6. The van der Waals surface area contributed by atoms with Crippen LogP contribution in [0.3, 0.4) is 0 Å². The number of rotatable bonds is 6. The van der Waals surface area contributed by atoms with Gasteiger partial charge < -0.3 is 14.4 Å². The van der Waals surface area contributed by atoms with Gasteiger partial charge in [-0.1, -0.05) is 11.2 Å². The van der Waals surface area contributed by atoms with Crippen LogP contribution in [0, 0.1) is 12.8 Å². The number of β-amino-alcohol motifs (C(OH)–C–C–N with tert-alkyl or cyclic N) is 1. The van der Waals surface area contributed by atoms with Crippen molar-refractivity contribution in [3.05, 3.63) is 53.5 Å². The van der Waals surface area contributed by atoms with Crippen molar-refractivity contribution in [1.82, 2.24) is 15.0 Å². The highest BCUT2D eigenvalue weighted by molar-refractivity contribution is 5.80. The largest absolute Gasteiger partial charge is 0.494 e. The third-order valence-corrected chi connectivity index (χ3v) is 5.04. The van der Waals surface area contributed by atoms with Crippen molar-refractivity contribution in [2.75, 3.05) is 19.7 Å². The zero-order valence-corrected chi connectivity index (χ0v) is 15.8. The molecule has 0 spiro atoms. The molecule has 2 aromatic heterocycles. The Labute approximate surface area is 158 Å². The van der Waals surface area contributed by atoms with Crippen molar-refractivity contribution in [3.8, 4) is 5.75 Å². The first-order valence-electron chi connectivity index (χ1n) is 9.46. The van der Waals surface area contributed by atoms with Gasteiger partial charge in [0.1, 0.15) is 11.5 Å². The van der Waals surface area contributed by atoms with Gasteiger partial charge in [-0.25, -0.2) is 0 Å². The molecule has 0 amide bonds. The topological polar surface area (TPSA) is 71.6 Å². The van der Waals surface area contributed by atoms with Gasteiger partial charge in [-0.15, -0.1) is 0 Å². The number of aliphatic hydroxyl groups excluding tert-OH is 1. The number of hydrogen-bond donors (Lipinski definition) is 1. The van der Waals surface area contributed by atoms with E-state index in [1.165, 1.54) is 0 Å². The summed E-state index contributed by atoms with van der Waals surface area (Å²) in [5, 5.41) is 15.4. The zero-order chi connectivity index (χ0) is 18.8. The van der Waals surface area contributed by atoms with Crippen molar-refractivity contribution in [1.29, 1.82) is 0 Å². The Hall–Kier alpha value is -2.44. The molecule has 0 bridgehead atoms. The average Bonchev–Trinajstić information content (AvgIpc) is 3.21. The minimum atomic E-state index is -0.357. The van der Waals surface area contributed by atoms with E-state index in [0.29, 0.717) is 19.6 Å². The number of aliphatic hydroxyl groups is 1. The predicted molar refractivity (Wildman–Crippen MR) is 103 cm³/mol. The fourth-order valence-corrected chi connectivity index (χ4v) is 3.76. The molecule has 0 aliphatic carbocycles. The van der Waals surface area contributed by atoms with Gasteiger partial charge in [0.25, 0.3) is 0 Å². The highest BCUT2D eigenvalue weighted by Gasteiger charge is 2.32. The van der Waals surface area contributed by atoms with Crippen molar-refractivity contribution in [2.45, 2.75) is 32.9 Å². The van der Waals surface area contributed by atoms with Crippen molar-refractivity contribution in [3.63, 3.8) is 0 Å². The Balaban J connectivity index is 1.42. The smallest absolute Gasteiger partial charge is 0.137 e. The van der Waals surface area contributed by atoms with Crippen LogP contribution in [0.15, 0.2) is 40.9 Å². The molecule has 1 aromatic carbocycles. The van der Waals surface area contributed by atoms with Crippen LogP contribution in [0.5, 0.6) is 5.75 Å². The molecule has 1 fully saturated rings. The summed E-state index contributed by atoms with van der Waals surface area (Å²) in [4.78, 5) is 7.02. The summed E-state index contributed by atoms with van der Waals surface area (Å²) in [6.45, 7) is 6.75. The Morgan fingerprint density at radius 1 is 1.22 bits per heavy atom. The van der Waals surface area contributed by atoms with Gasteiger partial charge in [-0.05, 0) is 38.1 Å². The number of benzene rings is 1. The van der Waals surface area contributed by atoms with E-state index in [0.717, 1.165) is 46.9 Å². The van der Waals surface area contributed by atoms with E-state index in [1.54, 1.807) is 0 Å². The van der Waals surface area contributed by atoms with Crippen molar-refractivity contribution in [2.24, 2.45) is 5.92 Å². The predicted octanol–water partition coefficient (Wildman–Crippen LogP) is 2.97. The molecular weight excluding hydrogens is 342 g/mol. The van der Waals surface area contributed by atoms with E-state index in [2.05, 4.69) is 22.2 Å². The van der Waals surface area contributed by atoms with Gasteiger partial charge in [0.15, 0.2) is 0 Å². The Morgan fingerprint density at radius 3 is 2.89 bits per heavy atom. The number of pyridine rings is 1. The molecular formula is C21H25N3O3. The molecule has 142 valence electrons. The molecule has 6 nitrogen and oxygen atoms in total. The molecule has 1 N–H and O–H groups in total. The number of likely N-dealkylation sites (tertiary alicyclic amines) is 1. The molecule has 3 aromatic rings. The molecule has 1 aliphatic rings. The first-order chi connectivity index (χ1) is 13.1. The van der Waals surface area contributed by atoms with E-state index in [1.807, 2.05) is 38.1 Å². The third-order valence-electron chi connectivity index (χ3n) is 5.04. The molecule has 1 aliphatic heterocycles. The van der Waals surface area contributed by atoms with E-state index in [9.17, 15) is 5.11 Å². The number of aromatic nitrogens is 2. The fraction of sp³-hybridized carbons (Fsp3) is 0.429. The molecule has 3 heterocycles. The number of ether oxygens (including phenoxy) is 1. The van der Waals surface area contributed by atoms with E-state index in [4.69, 9.17) is 14.2 Å². The van der Waals surface area contributed by atoms with Crippen LogP contribution in [0.1, 0.15) is 24.1 Å². The van der Waals surface area contributed by atoms with Crippen molar-refractivity contribution < 1.29 is 14.4 Å². The molecule has 6 heteroatoms. The van der Waals surface area contributed by atoms with Crippen LogP contribution in [0.2, 0.25) is 0 Å². The minimum absolute atomic E-state index is 0.159. The van der Waals surface area contributed by atoms with Crippen LogP contribution in [-0.4, -0.2) is 45.9 Å². The SMILES string of the molecule is CCOc1ccc2nc(CN3C[C@@H](Cc4cc(C)no4)[C@@H](O)C3)ccc2c1. The van der Waals surface area contributed by atoms with Crippen LogP contribution in [0.25, 0.3) is 10.9 Å². The average molecular weight is 367 g/mol. The molecule has 4 rings (SSSR count). The number of nitrogens with zero attached hydrogens (tertiary/aromatic N) is 3. The van der Waals surface area contributed by atoms with E-state index >= 15 is 0 Å². The van der Waals surface area contributed by atoms with Gasteiger partial charge in [0.05, 0.1) is 29.6 Å². The fourth-order valence-electron chi connectivity index (χ4n) is 3.76. The van der Waals surface area contributed by atoms with E-state index in [-0.39, 0.29) is 12.0 Å². The van der Waals surface area contributed by atoms with Gasteiger partial charge in [0, 0.05) is 43.4 Å². The Kier molecular flexibility index (Phi) is 5.09. The van der Waals surface area contributed by atoms with Gasteiger partial charge >= 0.3 is 0 Å².